The second-order valence-electron chi connectivity index (χ2n) is 7.34. The van der Waals surface area contributed by atoms with Crippen LogP contribution in [0.4, 0.5) is 0 Å². The van der Waals surface area contributed by atoms with E-state index in [4.69, 9.17) is 4.74 Å². The van der Waals surface area contributed by atoms with Crippen LogP contribution in [0.3, 0.4) is 0 Å². The van der Waals surface area contributed by atoms with Crippen molar-refractivity contribution in [1.82, 2.24) is 4.90 Å². The van der Waals surface area contributed by atoms with Crippen molar-refractivity contribution in [1.29, 1.82) is 0 Å². The minimum absolute atomic E-state index is 0.0396. The number of aryl methyl sites for hydroxylation is 1. The molecule has 1 N–H and O–H groups in total. The second-order valence-corrected chi connectivity index (χ2v) is 7.34. The van der Waals surface area contributed by atoms with Crippen LogP contribution in [-0.2, 0) is 16.8 Å². The molecule has 0 amide bonds. The molecule has 3 heteroatoms. The van der Waals surface area contributed by atoms with Gasteiger partial charge < -0.3 is 9.84 Å². The summed E-state index contributed by atoms with van der Waals surface area (Å²) < 4.78 is 5.51. The van der Waals surface area contributed by atoms with Crippen molar-refractivity contribution in [2.75, 3.05) is 32.8 Å². The van der Waals surface area contributed by atoms with Gasteiger partial charge >= 0.3 is 0 Å². The van der Waals surface area contributed by atoms with Crippen LogP contribution in [0.2, 0.25) is 0 Å². The number of benzene rings is 2. The molecule has 1 saturated heterocycles. The lowest BCUT2D eigenvalue weighted by Crippen LogP contribution is -2.44. The molecule has 0 spiro atoms. The summed E-state index contributed by atoms with van der Waals surface area (Å²) in [7, 11) is 0. The van der Waals surface area contributed by atoms with Crippen molar-refractivity contribution >= 4 is 0 Å². The molecule has 144 valence electrons. The Morgan fingerprint density at radius 2 is 1.78 bits per heavy atom. The summed E-state index contributed by atoms with van der Waals surface area (Å²) in [5.41, 5.74) is 2.41. The maximum absolute atomic E-state index is 12.0. The van der Waals surface area contributed by atoms with Crippen LogP contribution in [0.5, 0.6) is 0 Å². The highest BCUT2D eigenvalue weighted by Crippen LogP contribution is 2.41. The van der Waals surface area contributed by atoms with Gasteiger partial charge in [0.2, 0.25) is 0 Å². The molecule has 3 nitrogen and oxygen atoms in total. The first kappa shape index (κ1) is 19.8. The Labute approximate surface area is 163 Å². The van der Waals surface area contributed by atoms with Crippen LogP contribution in [0.25, 0.3) is 0 Å². The Morgan fingerprint density at radius 3 is 2.37 bits per heavy atom. The molecule has 1 aliphatic rings. The van der Waals surface area contributed by atoms with Gasteiger partial charge in [-0.15, -0.1) is 6.58 Å². The number of morpholine rings is 1. The van der Waals surface area contributed by atoms with E-state index in [-0.39, 0.29) is 5.92 Å². The Kier molecular flexibility index (Phi) is 6.84. The first-order valence-electron chi connectivity index (χ1n) is 9.95. The molecule has 3 rings (SSSR count). The Morgan fingerprint density at radius 1 is 1.11 bits per heavy atom. The third kappa shape index (κ3) is 4.67. The molecular weight excluding hydrogens is 334 g/mol. The minimum atomic E-state index is -0.992. The van der Waals surface area contributed by atoms with E-state index in [0.29, 0.717) is 6.42 Å². The van der Waals surface area contributed by atoms with Gasteiger partial charge in [-0.3, -0.25) is 4.90 Å². The number of rotatable bonds is 8. The van der Waals surface area contributed by atoms with E-state index in [0.717, 1.165) is 50.4 Å². The van der Waals surface area contributed by atoms with Crippen molar-refractivity contribution in [2.45, 2.75) is 31.3 Å². The number of aliphatic hydroxyl groups is 1. The van der Waals surface area contributed by atoms with Crippen LogP contribution in [0, 0.1) is 0 Å². The Bertz CT molecular complexity index is 707. The third-order valence-corrected chi connectivity index (χ3v) is 5.64. The van der Waals surface area contributed by atoms with Gasteiger partial charge in [0.05, 0.1) is 13.2 Å². The molecule has 2 unspecified atom stereocenters. The molecule has 1 fully saturated rings. The molecule has 1 aliphatic heterocycles. The second kappa shape index (κ2) is 9.32. The van der Waals surface area contributed by atoms with Crippen LogP contribution in [0.15, 0.2) is 67.3 Å². The van der Waals surface area contributed by atoms with Crippen molar-refractivity contribution in [3.63, 3.8) is 0 Å². The van der Waals surface area contributed by atoms with E-state index < -0.39 is 5.60 Å². The lowest BCUT2D eigenvalue weighted by molar-refractivity contribution is -0.0206. The van der Waals surface area contributed by atoms with Gasteiger partial charge in [0.15, 0.2) is 0 Å². The minimum Gasteiger partial charge on any atom is -0.384 e. The average Bonchev–Trinajstić information content (AvgIpc) is 2.73. The zero-order valence-electron chi connectivity index (χ0n) is 16.3. The quantitative estimate of drug-likeness (QED) is 0.714. The predicted octanol–water partition coefficient (Wildman–Crippen LogP) is 4.13. The van der Waals surface area contributed by atoms with E-state index in [2.05, 4.69) is 66.9 Å². The molecule has 2 aromatic carbocycles. The van der Waals surface area contributed by atoms with E-state index in [1.807, 2.05) is 12.1 Å². The summed E-state index contributed by atoms with van der Waals surface area (Å²) in [6, 6.07) is 18.8. The van der Waals surface area contributed by atoms with E-state index in [1.54, 1.807) is 0 Å². The summed E-state index contributed by atoms with van der Waals surface area (Å²) in [5.74, 6) is -0.0396. The zero-order valence-corrected chi connectivity index (χ0v) is 16.3. The van der Waals surface area contributed by atoms with E-state index >= 15 is 0 Å². The van der Waals surface area contributed by atoms with Gasteiger partial charge in [-0.1, -0.05) is 67.6 Å². The van der Waals surface area contributed by atoms with Crippen molar-refractivity contribution < 1.29 is 9.84 Å². The fourth-order valence-corrected chi connectivity index (χ4v) is 3.97. The lowest BCUT2D eigenvalue weighted by Gasteiger charge is -2.40. The molecule has 0 radical (unpaired) electrons. The van der Waals surface area contributed by atoms with Crippen molar-refractivity contribution in [3.8, 4) is 0 Å². The largest absolute Gasteiger partial charge is 0.384 e. The molecule has 2 aromatic rings. The number of ether oxygens (including phenoxy) is 1. The fourth-order valence-electron chi connectivity index (χ4n) is 3.97. The third-order valence-electron chi connectivity index (χ3n) is 5.64. The highest BCUT2D eigenvalue weighted by atomic mass is 16.5. The molecule has 0 bridgehead atoms. The Balaban J connectivity index is 1.99. The first-order valence-corrected chi connectivity index (χ1v) is 9.95. The molecule has 2 atom stereocenters. The van der Waals surface area contributed by atoms with Gasteiger partial charge in [-0.25, -0.2) is 0 Å². The van der Waals surface area contributed by atoms with Gasteiger partial charge in [0, 0.05) is 25.6 Å². The average molecular weight is 366 g/mol. The highest BCUT2D eigenvalue weighted by Gasteiger charge is 2.39. The Hall–Kier alpha value is -1.94. The SMILES string of the molecule is C=CCC(O)(c1ccc(CC)cc1)C(CN1CCOCC1)c1ccccc1. The van der Waals surface area contributed by atoms with Crippen LogP contribution >= 0.6 is 0 Å². The summed E-state index contributed by atoms with van der Waals surface area (Å²) >= 11 is 0. The fraction of sp³-hybridized carbons (Fsp3) is 0.417. The van der Waals surface area contributed by atoms with Gasteiger partial charge in [0.1, 0.15) is 5.60 Å². The summed E-state index contributed by atoms with van der Waals surface area (Å²) in [6.45, 7) is 10.2. The lowest BCUT2D eigenvalue weighted by atomic mass is 9.74. The van der Waals surface area contributed by atoms with E-state index in [1.165, 1.54) is 5.56 Å². The maximum atomic E-state index is 12.0. The number of hydrogen-bond donors (Lipinski definition) is 1. The summed E-state index contributed by atoms with van der Waals surface area (Å²) in [4.78, 5) is 2.40. The van der Waals surface area contributed by atoms with Crippen molar-refractivity contribution in [2.24, 2.45) is 0 Å². The smallest absolute Gasteiger partial charge is 0.101 e. The van der Waals surface area contributed by atoms with Crippen molar-refractivity contribution in [3.05, 3.63) is 83.9 Å². The molecule has 0 aromatic heterocycles. The van der Waals surface area contributed by atoms with Crippen LogP contribution in [-0.4, -0.2) is 42.9 Å². The molecule has 0 aliphatic carbocycles. The summed E-state index contributed by atoms with van der Waals surface area (Å²) in [6.07, 6.45) is 3.35. The van der Waals surface area contributed by atoms with Crippen LogP contribution < -0.4 is 0 Å². The van der Waals surface area contributed by atoms with Crippen LogP contribution in [0.1, 0.15) is 36.0 Å². The van der Waals surface area contributed by atoms with Gasteiger partial charge in [-0.2, -0.15) is 0 Å². The molecule has 27 heavy (non-hydrogen) atoms. The number of nitrogens with zero attached hydrogens (tertiary/aromatic N) is 1. The highest BCUT2D eigenvalue weighted by molar-refractivity contribution is 5.34. The molecular formula is C24H31NO2. The predicted molar refractivity (Wildman–Crippen MR) is 111 cm³/mol. The molecule has 0 saturated carbocycles. The number of hydrogen-bond acceptors (Lipinski definition) is 3. The topological polar surface area (TPSA) is 32.7 Å². The van der Waals surface area contributed by atoms with Gasteiger partial charge in [0.25, 0.3) is 0 Å². The van der Waals surface area contributed by atoms with E-state index in [9.17, 15) is 5.11 Å². The monoisotopic (exact) mass is 365 g/mol. The summed E-state index contributed by atoms with van der Waals surface area (Å²) in [5, 5.41) is 12.0. The maximum Gasteiger partial charge on any atom is 0.101 e. The molecule has 1 heterocycles. The van der Waals surface area contributed by atoms with Gasteiger partial charge in [-0.05, 0) is 29.5 Å². The standard InChI is InChI=1S/C24H31NO2/c1-3-14-24(26,22-12-10-20(4-2)11-13-22)23(21-8-6-5-7-9-21)19-25-15-17-27-18-16-25/h3,5-13,23,26H,1,4,14-19H2,2H3. The normalized spacial score (nSPS) is 18.6. The zero-order chi connectivity index (χ0) is 19.1. The first-order chi connectivity index (χ1) is 13.2.